The number of rotatable bonds is 2. The zero-order chi connectivity index (χ0) is 10.1. The summed E-state index contributed by atoms with van der Waals surface area (Å²) >= 11 is 17.1. The molecular formula is C9H9BrCl2OS. The van der Waals surface area contributed by atoms with E-state index in [2.05, 4.69) is 15.9 Å². The van der Waals surface area contributed by atoms with Gasteiger partial charge in [-0.2, -0.15) is 0 Å². The molecule has 0 aliphatic carbocycles. The molecule has 1 aromatic rings. The topological polar surface area (TPSA) is 9.23 Å². The summed E-state index contributed by atoms with van der Waals surface area (Å²) in [6, 6.07) is 1.98. The molecule has 0 bridgehead atoms. The summed E-state index contributed by atoms with van der Waals surface area (Å²) in [7, 11) is 0. The van der Waals surface area contributed by atoms with E-state index in [-0.39, 0.29) is 11.5 Å². The third kappa shape index (κ3) is 2.27. The van der Waals surface area contributed by atoms with Gasteiger partial charge in [-0.15, -0.1) is 22.9 Å². The van der Waals surface area contributed by atoms with Gasteiger partial charge < -0.3 is 4.74 Å². The van der Waals surface area contributed by atoms with Gasteiger partial charge in [0.05, 0.1) is 11.5 Å². The van der Waals surface area contributed by atoms with E-state index in [0.717, 1.165) is 33.1 Å². The highest BCUT2D eigenvalue weighted by Gasteiger charge is 2.27. The van der Waals surface area contributed by atoms with Crippen molar-refractivity contribution >= 4 is 50.5 Å². The summed E-state index contributed by atoms with van der Waals surface area (Å²) in [4.78, 5) is 1.08. The van der Waals surface area contributed by atoms with Crippen molar-refractivity contribution < 1.29 is 4.74 Å². The highest BCUT2D eigenvalue weighted by atomic mass is 79.9. The second-order valence-corrected chi connectivity index (χ2v) is 6.23. The Morgan fingerprint density at radius 1 is 1.64 bits per heavy atom. The molecule has 2 unspecified atom stereocenters. The van der Waals surface area contributed by atoms with E-state index in [1.54, 1.807) is 0 Å². The maximum absolute atomic E-state index is 6.30. The molecule has 1 aromatic heterocycles. The van der Waals surface area contributed by atoms with Crippen LogP contribution in [0.4, 0.5) is 0 Å². The van der Waals surface area contributed by atoms with Crippen molar-refractivity contribution in [2.24, 2.45) is 0 Å². The van der Waals surface area contributed by atoms with Gasteiger partial charge >= 0.3 is 0 Å². The average Bonchev–Trinajstić information content (AvgIpc) is 2.76. The maximum atomic E-state index is 6.30. The van der Waals surface area contributed by atoms with Crippen molar-refractivity contribution in [1.82, 2.24) is 0 Å². The minimum absolute atomic E-state index is 0.0636. The molecule has 0 radical (unpaired) electrons. The molecule has 2 atom stereocenters. The molecule has 78 valence electrons. The fourth-order valence-corrected chi connectivity index (χ4v) is 3.68. The van der Waals surface area contributed by atoms with E-state index >= 15 is 0 Å². The van der Waals surface area contributed by atoms with Crippen molar-refractivity contribution in [2.45, 2.75) is 24.3 Å². The number of halogens is 3. The predicted octanol–water partition coefficient (Wildman–Crippen LogP) is 4.62. The highest BCUT2D eigenvalue weighted by Crippen LogP contribution is 2.41. The summed E-state index contributed by atoms with van der Waals surface area (Å²) < 4.78 is 7.21. The number of hydrogen-bond donors (Lipinski definition) is 0. The summed E-state index contributed by atoms with van der Waals surface area (Å²) in [5.74, 6) is 0. The van der Waals surface area contributed by atoms with Crippen LogP contribution in [0.2, 0.25) is 4.34 Å². The van der Waals surface area contributed by atoms with Gasteiger partial charge in [-0.25, -0.2) is 0 Å². The molecule has 0 spiro atoms. The zero-order valence-electron chi connectivity index (χ0n) is 7.30. The van der Waals surface area contributed by atoms with Crippen molar-refractivity contribution in [3.05, 3.63) is 19.8 Å². The Kier molecular flexibility index (Phi) is 3.77. The molecule has 14 heavy (non-hydrogen) atoms. The molecule has 0 saturated carbocycles. The first-order valence-electron chi connectivity index (χ1n) is 4.39. The molecule has 1 fully saturated rings. The third-order valence-electron chi connectivity index (χ3n) is 2.23. The molecular weight excluding hydrogens is 307 g/mol. The fourth-order valence-electron chi connectivity index (χ4n) is 1.52. The van der Waals surface area contributed by atoms with Crippen LogP contribution in [0.5, 0.6) is 0 Å². The second-order valence-electron chi connectivity index (χ2n) is 3.22. The van der Waals surface area contributed by atoms with E-state index in [1.807, 2.05) is 6.07 Å². The Morgan fingerprint density at radius 3 is 2.93 bits per heavy atom. The molecule has 5 heteroatoms. The quantitative estimate of drug-likeness (QED) is 0.723. The van der Waals surface area contributed by atoms with Crippen LogP contribution in [0.3, 0.4) is 0 Å². The van der Waals surface area contributed by atoms with E-state index < -0.39 is 0 Å². The van der Waals surface area contributed by atoms with Gasteiger partial charge in [-0.05, 0) is 34.8 Å². The summed E-state index contributed by atoms with van der Waals surface area (Å²) in [6.45, 7) is 0.828. The lowest BCUT2D eigenvalue weighted by atomic mass is 10.1. The zero-order valence-corrected chi connectivity index (χ0v) is 11.2. The van der Waals surface area contributed by atoms with E-state index in [4.69, 9.17) is 27.9 Å². The van der Waals surface area contributed by atoms with Crippen LogP contribution >= 0.6 is 50.5 Å². The van der Waals surface area contributed by atoms with Crippen LogP contribution in [0, 0.1) is 0 Å². The molecule has 0 aromatic carbocycles. The van der Waals surface area contributed by atoms with Crippen LogP contribution in [0.1, 0.15) is 23.1 Å². The second kappa shape index (κ2) is 4.71. The minimum Gasteiger partial charge on any atom is -0.376 e. The molecule has 1 aliphatic rings. The van der Waals surface area contributed by atoms with Gasteiger partial charge in [0.2, 0.25) is 0 Å². The monoisotopic (exact) mass is 314 g/mol. The van der Waals surface area contributed by atoms with Crippen molar-refractivity contribution in [2.75, 3.05) is 6.61 Å². The van der Waals surface area contributed by atoms with Gasteiger partial charge in [0.15, 0.2) is 0 Å². The molecule has 1 saturated heterocycles. The lowest BCUT2D eigenvalue weighted by Crippen LogP contribution is -2.11. The smallest absolute Gasteiger partial charge is 0.107 e. The van der Waals surface area contributed by atoms with E-state index in [1.165, 1.54) is 11.3 Å². The first kappa shape index (κ1) is 11.2. The molecule has 0 N–H and O–H groups in total. The first-order valence-corrected chi connectivity index (χ1v) is 6.81. The van der Waals surface area contributed by atoms with Crippen molar-refractivity contribution in [3.8, 4) is 0 Å². The summed E-state index contributed by atoms with van der Waals surface area (Å²) in [6.07, 6.45) is 2.30. The Bertz CT molecular complexity index is 303. The standard InChI is InChI=1S/C9H9BrCl2OS/c10-5-4-7(14-9(5)12)8(11)6-2-1-3-13-6/h4,6,8H,1-3H2. The van der Waals surface area contributed by atoms with Gasteiger partial charge in [0.1, 0.15) is 4.34 Å². The number of hydrogen-bond acceptors (Lipinski definition) is 2. The highest BCUT2D eigenvalue weighted by molar-refractivity contribution is 9.10. The Labute approximate surface area is 105 Å². The lowest BCUT2D eigenvalue weighted by Gasteiger charge is -2.14. The number of alkyl halides is 1. The van der Waals surface area contributed by atoms with Crippen LogP contribution in [-0.2, 0) is 4.74 Å². The number of thiophene rings is 1. The van der Waals surface area contributed by atoms with E-state index in [0.29, 0.717) is 0 Å². The summed E-state index contributed by atoms with van der Waals surface area (Å²) in [5.41, 5.74) is 0. The van der Waals surface area contributed by atoms with Gasteiger partial charge in [-0.3, -0.25) is 0 Å². The third-order valence-corrected chi connectivity index (χ3v) is 5.43. The summed E-state index contributed by atoms with van der Waals surface area (Å²) in [5, 5.41) is -0.0636. The minimum atomic E-state index is -0.0636. The van der Waals surface area contributed by atoms with Crippen molar-refractivity contribution in [3.63, 3.8) is 0 Å². The molecule has 2 heterocycles. The lowest BCUT2D eigenvalue weighted by molar-refractivity contribution is 0.108. The van der Waals surface area contributed by atoms with Gasteiger partial charge in [0, 0.05) is 16.0 Å². The van der Waals surface area contributed by atoms with Crippen LogP contribution in [0.15, 0.2) is 10.5 Å². The largest absolute Gasteiger partial charge is 0.376 e. The molecule has 2 rings (SSSR count). The Balaban J connectivity index is 2.13. The molecule has 1 aliphatic heterocycles. The van der Waals surface area contributed by atoms with Crippen molar-refractivity contribution in [1.29, 1.82) is 0 Å². The fraction of sp³-hybridized carbons (Fsp3) is 0.556. The van der Waals surface area contributed by atoms with Crippen LogP contribution < -0.4 is 0 Å². The number of ether oxygens (including phenoxy) is 1. The van der Waals surface area contributed by atoms with Gasteiger partial charge in [0.25, 0.3) is 0 Å². The van der Waals surface area contributed by atoms with E-state index in [9.17, 15) is 0 Å². The maximum Gasteiger partial charge on any atom is 0.107 e. The Hall–Kier alpha value is 0.720. The van der Waals surface area contributed by atoms with Crippen LogP contribution in [-0.4, -0.2) is 12.7 Å². The molecule has 1 nitrogen and oxygen atoms in total. The normalized spacial score (nSPS) is 24.1. The predicted molar refractivity (Wildman–Crippen MR) is 64.6 cm³/mol. The SMILES string of the molecule is Clc1sc(C(Cl)C2CCCO2)cc1Br. The van der Waals surface area contributed by atoms with Crippen LogP contribution in [0.25, 0.3) is 0 Å². The average molecular weight is 316 g/mol. The Morgan fingerprint density at radius 2 is 2.43 bits per heavy atom. The first-order chi connectivity index (χ1) is 6.68. The molecule has 0 amide bonds. The van der Waals surface area contributed by atoms with Gasteiger partial charge in [-0.1, -0.05) is 11.6 Å².